The van der Waals surface area contributed by atoms with Crippen molar-refractivity contribution < 1.29 is 22.4 Å². The Morgan fingerprint density at radius 2 is 1.58 bits per heavy atom. The number of anilines is 1. The molecule has 2 aromatic carbocycles. The van der Waals surface area contributed by atoms with Crippen LogP contribution in [0.1, 0.15) is 58.6 Å². The molecule has 9 heteroatoms. The van der Waals surface area contributed by atoms with Crippen LogP contribution in [0.2, 0.25) is 0 Å². The van der Waals surface area contributed by atoms with Crippen molar-refractivity contribution in [1.29, 1.82) is 0 Å². The zero-order valence-electron chi connectivity index (χ0n) is 22.0. The summed E-state index contributed by atoms with van der Waals surface area (Å²) in [5.41, 5.74) is 1.91. The molecule has 1 atom stereocenters. The fraction of sp³-hybridized carbons (Fsp3) is 0.481. The van der Waals surface area contributed by atoms with E-state index in [1.807, 2.05) is 19.1 Å². The van der Waals surface area contributed by atoms with Crippen molar-refractivity contribution in [1.82, 2.24) is 10.2 Å². The largest absolute Gasteiger partial charge is 0.354 e. The van der Waals surface area contributed by atoms with E-state index in [2.05, 4.69) is 26.1 Å². The van der Waals surface area contributed by atoms with Crippen LogP contribution in [0.3, 0.4) is 0 Å². The molecule has 2 aromatic rings. The smallest absolute Gasteiger partial charge is 0.244 e. The summed E-state index contributed by atoms with van der Waals surface area (Å²) in [7, 11) is -3.80. The van der Waals surface area contributed by atoms with E-state index in [0.29, 0.717) is 24.2 Å². The number of carbonyl (C=O) groups is 2. The Kier molecular flexibility index (Phi) is 10.0. The number of nitrogens with one attached hydrogen (secondary N) is 1. The van der Waals surface area contributed by atoms with Crippen LogP contribution in [-0.4, -0.2) is 50.5 Å². The molecular formula is C27H38FN3O4S. The molecule has 2 amide bonds. The topological polar surface area (TPSA) is 86.8 Å². The zero-order chi connectivity index (χ0) is 27.1. The van der Waals surface area contributed by atoms with Gasteiger partial charge < -0.3 is 10.2 Å². The molecule has 7 nitrogen and oxygen atoms in total. The van der Waals surface area contributed by atoms with Crippen LogP contribution in [0.25, 0.3) is 0 Å². The van der Waals surface area contributed by atoms with Crippen LogP contribution in [0.4, 0.5) is 10.1 Å². The van der Waals surface area contributed by atoms with E-state index in [1.165, 1.54) is 17.0 Å². The minimum atomic E-state index is -3.80. The number of halogens is 1. The maximum Gasteiger partial charge on any atom is 0.244 e. The van der Waals surface area contributed by atoms with E-state index in [0.717, 1.165) is 22.5 Å². The Labute approximate surface area is 214 Å². The summed E-state index contributed by atoms with van der Waals surface area (Å²) in [6, 6.07) is 11.9. The number of hydrogen-bond donors (Lipinski definition) is 1. The molecular weight excluding hydrogens is 481 g/mol. The normalized spacial score (nSPS) is 12.6. The first-order valence-electron chi connectivity index (χ1n) is 12.2. The number of nitrogens with zero attached hydrogens (tertiary/aromatic N) is 2. The molecule has 0 aromatic heterocycles. The second-order valence-corrected chi connectivity index (χ2v) is 11.8. The molecule has 0 saturated carbocycles. The second kappa shape index (κ2) is 12.3. The van der Waals surface area contributed by atoms with Crippen LogP contribution < -0.4 is 9.62 Å². The highest BCUT2D eigenvalue weighted by Crippen LogP contribution is 2.26. The summed E-state index contributed by atoms with van der Waals surface area (Å²) < 4.78 is 39.9. The van der Waals surface area contributed by atoms with E-state index in [-0.39, 0.29) is 17.9 Å². The first kappa shape index (κ1) is 29.3. The first-order valence-corrected chi connectivity index (χ1v) is 14.0. The molecule has 0 radical (unpaired) electrons. The predicted molar refractivity (Wildman–Crippen MR) is 142 cm³/mol. The Bertz CT molecular complexity index is 1130. The van der Waals surface area contributed by atoms with Crippen molar-refractivity contribution in [2.75, 3.05) is 23.7 Å². The highest BCUT2D eigenvalue weighted by Gasteiger charge is 2.31. The van der Waals surface area contributed by atoms with Crippen molar-refractivity contribution in [3.8, 4) is 0 Å². The minimum absolute atomic E-state index is 0.0394. The average Bonchev–Trinajstić information content (AvgIpc) is 2.81. The van der Waals surface area contributed by atoms with Gasteiger partial charge in [0.1, 0.15) is 18.4 Å². The van der Waals surface area contributed by atoms with Crippen LogP contribution >= 0.6 is 0 Å². The van der Waals surface area contributed by atoms with Crippen LogP contribution in [0.5, 0.6) is 0 Å². The van der Waals surface area contributed by atoms with E-state index in [9.17, 15) is 22.4 Å². The van der Waals surface area contributed by atoms with Gasteiger partial charge in [0, 0.05) is 13.1 Å². The lowest BCUT2D eigenvalue weighted by atomic mass is 9.87. The molecule has 0 fully saturated rings. The third kappa shape index (κ3) is 8.05. The zero-order valence-corrected chi connectivity index (χ0v) is 22.9. The lowest BCUT2D eigenvalue weighted by Crippen LogP contribution is -2.52. The van der Waals surface area contributed by atoms with Gasteiger partial charge in [-0.3, -0.25) is 13.9 Å². The van der Waals surface area contributed by atoms with Gasteiger partial charge >= 0.3 is 0 Å². The van der Waals surface area contributed by atoms with Gasteiger partial charge in [-0.2, -0.15) is 0 Å². The van der Waals surface area contributed by atoms with Crippen molar-refractivity contribution in [2.24, 2.45) is 0 Å². The lowest BCUT2D eigenvalue weighted by Gasteiger charge is -2.33. The van der Waals surface area contributed by atoms with Crippen molar-refractivity contribution in [3.63, 3.8) is 0 Å². The molecule has 0 heterocycles. The summed E-state index contributed by atoms with van der Waals surface area (Å²) >= 11 is 0. The highest BCUT2D eigenvalue weighted by molar-refractivity contribution is 7.92. The monoisotopic (exact) mass is 519 g/mol. The number of amides is 2. The Balaban J connectivity index is 2.42. The van der Waals surface area contributed by atoms with Gasteiger partial charge in [-0.1, -0.05) is 58.9 Å². The summed E-state index contributed by atoms with van der Waals surface area (Å²) in [6.45, 7) is 9.93. The standard InChI is InChI=1S/C27H38FN3O4S/c1-7-17-29-26(33)24(8-2)30(18-20-9-13-22(28)14-10-20)25(32)19-31(36(6,34)35)23-15-11-21(12-16-23)27(3,4)5/h9-16,24H,7-8,17-19H2,1-6H3,(H,29,33)/t24-/m0/s1. The summed E-state index contributed by atoms with van der Waals surface area (Å²) in [4.78, 5) is 27.9. The molecule has 36 heavy (non-hydrogen) atoms. The third-order valence-electron chi connectivity index (χ3n) is 5.90. The van der Waals surface area contributed by atoms with E-state index >= 15 is 0 Å². The molecule has 0 unspecified atom stereocenters. The van der Waals surface area contributed by atoms with Crippen molar-refractivity contribution >= 4 is 27.5 Å². The number of benzene rings is 2. The fourth-order valence-corrected chi connectivity index (χ4v) is 4.66. The van der Waals surface area contributed by atoms with E-state index in [1.54, 1.807) is 31.2 Å². The van der Waals surface area contributed by atoms with Gasteiger partial charge in [0.15, 0.2) is 0 Å². The Morgan fingerprint density at radius 1 is 1.00 bits per heavy atom. The molecule has 0 saturated heterocycles. The van der Waals surface area contributed by atoms with Crippen LogP contribution in [0.15, 0.2) is 48.5 Å². The van der Waals surface area contributed by atoms with Gasteiger partial charge in [-0.15, -0.1) is 0 Å². The number of sulfonamides is 1. The minimum Gasteiger partial charge on any atom is -0.354 e. The molecule has 198 valence electrons. The van der Waals surface area contributed by atoms with Crippen molar-refractivity contribution in [3.05, 3.63) is 65.5 Å². The molecule has 1 N–H and O–H groups in total. The maximum atomic E-state index is 13.6. The van der Waals surface area contributed by atoms with Gasteiger partial charge in [-0.05, 0) is 53.6 Å². The van der Waals surface area contributed by atoms with Crippen LogP contribution in [-0.2, 0) is 31.6 Å². The Hall–Kier alpha value is -2.94. The molecule has 0 bridgehead atoms. The molecule has 0 aliphatic rings. The predicted octanol–water partition coefficient (Wildman–Crippen LogP) is 4.22. The second-order valence-electron chi connectivity index (χ2n) is 9.93. The van der Waals surface area contributed by atoms with Crippen molar-refractivity contribution in [2.45, 2.75) is 65.5 Å². The lowest BCUT2D eigenvalue weighted by molar-refractivity contribution is -0.140. The Morgan fingerprint density at radius 3 is 2.06 bits per heavy atom. The summed E-state index contributed by atoms with van der Waals surface area (Å²) in [5, 5.41) is 2.82. The van der Waals surface area contributed by atoms with E-state index < -0.39 is 34.3 Å². The summed E-state index contributed by atoms with van der Waals surface area (Å²) in [6.07, 6.45) is 2.12. The number of rotatable bonds is 11. The quantitative estimate of drug-likeness (QED) is 0.482. The number of hydrogen-bond acceptors (Lipinski definition) is 4. The van der Waals surface area contributed by atoms with Gasteiger partial charge in [0.25, 0.3) is 0 Å². The summed E-state index contributed by atoms with van der Waals surface area (Å²) in [5.74, 6) is -1.25. The van der Waals surface area contributed by atoms with Gasteiger partial charge in [0.05, 0.1) is 11.9 Å². The fourth-order valence-electron chi connectivity index (χ4n) is 3.81. The number of carbonyl (C=O) groups excluding carboxylic acids is 2. The molecule has 0 aliphatic heterocycles. The molecule has 2 rings (SSSR count). The highest BCUT2D eigenvalue weighted by atomic mass is 32.2. The molecule has 0 aliphatic carbocycles. The first-order chi connectivity index (χ1) is 16.8. The van der Waals surface area contributed by atoms with E-state index in [4.69, 9.17) is 0 Å². The average molecular weight is 520 g/mol. The third-order valence-corrected chi connectivity index (χ3v) is 7.04. The SMILES string of the molecule is CCCNC(=O)[C@H](CC)N(Cc1ccc(F)cc1)C(=O)CN(c1ccc(C(C)(C)C)cc1)S(C)(=O)=O. The van der Waals surface area contributed by atoms with Gasteiger partial charge in [-0.25, -0.2) is 12.8 Å². The van der Waals surface area contributed by atoms with Gasteiger partial charge in [0.2, 0.25) is 21.8 Å². The van der Waals surface area contributed by atoms with Crippen LogP contribution in [0, 0.1) is 5.82 Å². The molecule has 0 spiro atoms. The maximum absolute atomic E-state index is 13.6.